The number of halogens is 1. The maximum Gasteiger partial charge on any atom is 0.408 e. The molecule has 2 heterocycles. The van der Waals surface area contributed by atoms with Gasteiger partial charge in [-0.15, -0.1) is 0 Å². The number of carbonyl (C=O) groups is 2. The molecule has 0 saturated carbocycles. The Morgan fingerprint density at radius 1 is 1.26 bits per heavy atom. The molecule has 1 N–H and O–H groups in total. The van der Waals surface area contributed by atoms with Crippen molar-refractivity contribution in [3.05, 3.63) is 35.9 Å². The molecule has 9 heteroatoms. The van der Waals surface area contributed by atoms with E-state index < -0.39 is 42.1 Å². The quantitative estimate of drug-likeness (QED) is 0.627. The summed E-state index contributed by atoms with van der Waals surface area (Å²) in [6, 6.07) is 7.62. The summed E-state index contributed by atoms with van der Waals surface area (Å²) in [5.74, 6) is -1.56. The van der Waals surface area contributed by atoms with E-state index in [1.54, 1.807) is 0 Å². The number of nitrogens with one attached hydrogen (secondary N) is 1. The molecule has 2 aliphatic rings. The van der Waals surface area contributed by atoms with Crippen molar-refractivity contribution in [1.82, 2.24) is 10.2 Å². The van der Waals surface area contributed by atoms with E-state index in [0.717, 1.165) is 5.56 Å². The minimum absolute atomic E-state index is 0.0148. The second kappa shape index (κ2) is 9.93. The lowest BCUT2D eigenvalue weighted by Gasteiger charge is -2.37. The summed E-state index contributed by atoms with van der Waals surface area (Å²) in [6.07, 6.45) is -2.54. The van der Waals surface area contributed by atoms with E-state index in [9.17, 15) is 14.0 Å². The summed E-state index contributed by atoms with van der Waals surface area (Å²) < 4.78 is 36.5. The number of hydrogen-bond acceptors (Lipinski definition) is 6. The molecule has 2 fully saturated rings. The number of alkyl halides is 1. The van der Waals surface area contributed by atoms with Gasteiger partial charge in [0.15, 0.2) is 0 Å². The molecule has 4 atom stereocenters. The number of amides is 2. The molecule has 2 amide bonds. The van der Waals surface area contributed by atoms with E-state index in [0.29, 0.717) is 6.42 Å². The molecule has 1 aromatic carbocycles. The molecular weight excluding hydrogens is 407 g/mol. The highest BCUT2D eigenvalue weighted by molar-refractivity contribution is 5.86. The lowest BCUT2D eigenvalue weighted by atomic mass is 10.0. The van der Waals surface area contributed by atoms with Crippen molar-refractivity contribution in [2.75, 3.05) is 27.4 Å². The predicted molar refractivity (Wildman–Crippen MR) is 110 cm³/mol. The number of likely N-dealkylation sites (tertiary alicyclic amines) is 1. The Kier molecular flexibility index (Phi) is 7.51. The standard InChI is InChI=1S/C22H31FN2O6/c1-14(2)10-17(24-21(27)30-12-15-8-6-5-7-9-15)20(26)25-11-16(23)18-19(25)22(28-3,29-4)13-31-18/h5-9,14,16-19H,10-13H2,1-4H3,(H,24,27)/t16?,17-,18?,19?/m0/s1. The van der Waals surface area contributed by atoms with Crippen LogP contribution in [0.2, 0.25) is 0 Å². The van der Waals surface area contributed by atoms with Crippen molar-refractivity contribution in [1.29, 1.82) is 0 Å². The van der Waals surface area contributed by atoms with Crippen molar-refractivity contribution < 1.29 is 32.9 Å². The first-order valence-corrected chi connectivity index (χ1v) is 10.4. The number of ether oxygens (including phenoxy) is 4. The normalized spacial score (nSPS) is 25.4. The summed E-state index contributed by atoms with van der Waals surface area (Å²) in [6.45, 7) is 3.82. The van der Waals surface area contributed by atoms with Gasteiger partial charge in [0.1, 0.15) is 37.6 Å². The zero-order valence-electron chi connectivity index (χ0n) is 18.4. The first-order valence-electron chi connectivity index (χ1n) is 10.4. The molecule has 3 rings (SSSR count). The maximum absolute atomic E-state index is 14.7. The fourth-order valence-electron chi connectivity index (χ4n) is 4.23. The van der Waals surface area contributed by atoms with Crippen molar-refractivity contribution in [2.24, 2.45) is 5.92 Å². The largest absolute Gasteiger partial charge is 0.445 e. The van der Waals surface area contributed by atoms with Crippen LogP contribution in [0.25, 0.3) is 0 Å². The number of carbonyl (C=O) groups excluding carboxylic acids is 2. The first-order chi connectivity index (χ1) is 14.8. The minimum Gasteiger partial charge on any atom is -0.445 e. The summed E-state index contributed by atoms with van der Waals surface area (Å²) in [7, 11) is 2.88. The molecule has 1 aromatic rings. The number of benzene rings is 1. The molecule has 31 heavy (non-hydrogen) atoms. The SMILES string of the molecule is COC1(OC)COC2C(F)CN(C(=O)[C@H](CC(C)C)NC(=O)OCc3ccccc3)C21. The Bertz CT molecular complexity index is 758. The van der Waals surface area contributed by atoms with Crippen molar-refractivity contribution in [3.8, 4) is 0 Å². The Labute approximate surface area is 182 Å². The fourth-order valence-corrected chi connectivity index (χ4v) is 4.23. The van der Waals surface area contributed by atoms with Gasteiger partial charge in [-0.3, -0.25) is 4.79 Å². The van der Waals surface area contributed by atoms with Gasteiger partial charge in [-0.25, -0.2) is 9.18 Å². The van der Waals surface area contributed by atoms with E-state index in [1.165, 1.54) is 19.1 Å². The van der Waals surface area contributed by atoms with Crippen LogP contribution >= 0.6 is 0 Å². The van der Waals surface area contributed by atoms with Crippen LogP contribution in [-0.2, 0) is 30.3 Å². The van der Waals surface area contributed by atoms with E-state index in [1.807, 2.05) is 44.2 Å². The number of fused-ring (bicyclic) bond motifs is 1. The second-order valence-electron chi connectivity index (χ2n) is 8.34. The monoisotopic (exact) mass is 438 g/mol. The van der Waals surface area contributed by atoms with Crippen LogP contribution in [0.1, 0.15) is 25.8 Å². The van der Waals surface area contributed by atoms with E-state index >= 15 is 0 Å². The van der Waals surface area contributed by atoms with Gasteiger partial charge in [-0.1, -0.05) is 44.2 Å². The van der Waals surface area contributed by atoms with Crippen molar-refractivity contribution >= 4 is 12.0 Å². The van der Waals surface area contributed by atoms with Crippen LogP contribution in [0.4, 0.5) is 9.18 Å². The Balaban J connectivity index is 1.72. The summed E-state index contributed by atoms with van der Waals surface area (Å²) >= 11 is 0. The molecule has 2 saturated heterocycles. The Morgan fingerprint density at radius 2 is 1.94 bits per heavy atom. The third-order valence-electron chi connectivity index (χ3n) is 5.79. The molecule has 3 unspecified atom stereocenters. The van der Waals surface area contributed by atoms with Crippen LogP contribution in [0.3, 0.4) is 0 Å². The molecule has 0 bridgehead atoms. The van der Waals surface area contributed by atoms with Crippen molar-refractivity contribution in [2.45, 2.75) is 57.0 Å². The minimum atomic E-state index is -1.37. The van der Waals surface area contributed by atoms with Crippen LogP contribution in [0.15, 0.2) is 30.3 Å². The van der Waals surface area contributed by atoms with Gasteiger partial charge in [-0.2, -0.15) is 0 Å². The lowest BCUT2D eigenvalue weighted by Crippen LogP contribution is -2.58. The average molecular weight is 438 g/mol. The van der Waals surface area contributed by atoms with Crippen molar-refractivity contribution in [3.63, 3.8) is 0 Å². The summed E-state index contributed by atoms with van der Waals surface area (Å²) in [5, 5.41) is 2.66. The highest BCUT2D eigenvalue weighted by atomic mass is 19.1. The van der Waals surface area contributed by atoms with E-state index in [4.69, 9.17) is 18.9 Å². The third kappa shape index (κ3) is 4.99. The van der Waals surface area contributed by atoms with Crippen LogP contribution < -0.4 is 5.32 Å². The summed E-state index contributed by atoms with van der Waals surface area (Å²) in [5.41, 5.74) is 0.833. The van der Waals surface area contributed by atoms with Gasteiger partial charge in [0.05, 0.1) is 6.54 Å². The number of methoxy groups -OCH3 is 2. The van der Waals surface area contributed by atoms with Gasteiger partial charge in [0.2, 0.25) is 11.7 Å². The molecule has 0 aromatic heterocycles. The topological polar surface area (TPSA) is 86.3 Å². The summed E-state index contributed by atoms with van der Waals surface area (Å²) in [4.78, 5) is 27.2. The molecule has 0 spiro atoms. The zero-order valence-corrected chi connectivity index (χ0v) is 18.4. The number of alkyl carbamates (subject to hydrolysis) is 1. The molecule has 0 radical (unpaired) electrons. The highest BCUT2D eigenvalue weighted by Gasteiger charge is 2.62. The van der Waals surface area contributed by atoms with Gasteiger partial charge in [-0.05, 0) is 17.9 Å². The van der Waals surface area contributed by atoms with Gasteiger partial charge < -0.3 is 29.2 Å². The van der Waals surface area contributed by atoms with Gasteiger partial charge in [0, 0.05) is 14.2 Å². The van der Waals surface area contributed by atoms with E-state index in [2.05, 4.69) is 5.32 Å². The van der Waals surface area contributed by atoms with Gasteiger partial charge in [0.25, 0.3) is 0 Å². The molecule has 8 nitrogen and oxygen atoms in total. The smallest absolute Gasteiger partial charge is 0.408 e. The highest BCUT2D eigenvalue weighted by Crippen LogP contribution is 2.40. The Morgan fingerprint density at radius 3 is 2.55 bits per heavy atom. The number of nitrogens with zero attached hydrogens (tertiary/aromatic N) is 1. The fraction of sp³-hybridized carbons (Fsp3) is 0.636. The van der Waals surface area contributed by atoms with Crippen LogP contribution in [0, 0.1) is 5.92 Å². The van der Waals surface area contributed by atoms with Gasteiger partial charge >= 0.3 is 6.09 Å². The second-order valence-corrected chi connectivity index (χ2v) is 8.34. The molecular formula is C22H31FN2O6. The third-order valence-corrected chi connectivity index (χ3v) is 5.79. The first kappa shape index (κ1) is 23.4. The predicted octanol–water partition coefficient (Wildman–Crippen LogP) is 2.26. The van der Waals surface area contributed by atoms with Crippen LogP contribution in [0.5, 0.6) is 0 Å². The van der Waals surface area contributed by atoms with E-state index in [-0.39, 0.29) is 25.7 Å². The average Bonchev–Trinajstić information content (AvgIpc) is 3.30. The molecule has 0 aliphatic carbocycles. The number of hydrogen-bond donors (Lipinski definition) is 1. The van der Waals surface area contributed by atoms with Crippen LogP contribution in [-0.4, -0.2) is 74.4 Å². The zero-order chi connectivity index (χ0) is 22.6. The number of rotatable bonds is 8. The Hall–Kier alpha value is -2.23. The molecule has 2 aliphatic heterocycles. The molecule has 172 valence electrons. The lowest BCUT2D eigenvalue weighted by molar-refractivity contribution is -0.227. The maximum atomic E-state index is 14.7.